The summed E-state index contributed by atoms with van der Waals surface area (Å²) in [4.78, 5) is 0. The molecule has 0 aromatic heterocycles. The zero-order valence-corrected chi connectivity index (χ0v) is 26.4. The Balaban J connectivity index is 0.887. The highest BCUT2D eigenvalue weighted by Gasteiger charge is 2.18. The lowest BCUT2D eigenvalue weighted by atomic mass is 9.95. The fourth-order valence-corrected chi connectivity index (χ4v) is 6.90. The molecule has 0 spiro atoms. The first-order valence-electron chi connectivity index (χ1n) is 16.6. The van der Waals surface area contributed by atoms with Crippen molar-refractivity contribution in [2.24, 2.45) is 0 Å². The molecule has 6 aromatic rings. The molecule has 2 aliphatic rings. The van der Waals surface area contributed by atoms with Gasteiger partial charge in [-0.25, -0.2) is 0 Å². The van der Waals surface area contributed by atoms with E-state index in [9.17, 15) is 0 Å². The summed E-state index contributed by atoms with van der Waals surface area (Å²) in [6.45, 7) is 0. The summed E-state index contributed by atoms with van der Waals surface area (Å²) < 4.78 is 0. The van der Waals surface area contributed by atoms with E-state index in [1.54, 1.807) is 5.57 Å². The van der Waals surface area contributed by atoms with E-state index in [0.717, 1.165) is 6.42 Å². The van der Waals surface area contributed by atoms with Crippen LogP contribution in [0.15, 0.2) is 187 Å². The standard InChI is InChI=1S/C47H36/c1-2-6-36(7-3-1)39-18-22-42(23-19-39)43-24-26-44(27-25-43)45-28-30-46(31-29-45)47-15-12-35(33-47)32-34-10-13-38(14-11-34)41-20-16-40(17-21-41)37-8-4-5-9-37/h1-4,6-11,13-14,16-31,33,47H,12,15,32H2/t47-/m0/s1. The molecule has 0 bridgehead atoms. The second kappa shape index (κ2) is 13.0. The number of hydrogen-bond donors (Lipinski definition) is 0. The van der Waals surface area contributed by atoms with Crippen LogP contribution in [0.5, 0.6) is 0 Å². The Morgan fingerprint density at radius 1 is 0.468 bits per heavy atom. The van der Waals surface area contributed by atoms with Crippen LogP contribution in [-0.2, 0) is 6.42 Å². The van der Waals surface area contributed by atoms with Crippen molar-refractivity contribution in [2.75, 3.05) is 0 Å². The Labute approximate surface area is 278 Å². The Hall–Kier alpha value is -5.68. The maximum absolute atomic E-state index is 3.14. The minimum Gasteiger partial charge on any atom is -0.120 e. The van der Waals surface area contributed by atoms with Gasteiger partial charge in [0.2, 0.25) is 0 Å². The predicted octanol–water partition coefficient (Wildman–Crippen LogP) is 12.5. The molecule has 6 aromatic carbocycles. The maximum atomic E-state index is 3.14. The van der Waals surface area contributed by atoms with Gasteiger partial charge in [0.15, 0.2) is 0 Å². The van der Waals surface area contributed by atoms with E-state index in [1.165, 1.54) is 79.6 Å². The molecule has 47 heavy (non-hydrogen) atoms. The summed E-state index contributed by atoms with van der Waals surface area (Å²) in [7, 11) is 0. The molecule has 0 saturated carbocycles. The molecule has 0 amide bonds. The molecular formula is C47H36. The zero-order chi connectivity index (χ0) is 31.4. The lowest BCUT2D eigenvalue weighted by Crippen LogP contribution is -1.90. The van der Waals surface area contributed by atoms with Crippen LogP contribution in [0.1, 0.15) is 35.4 Å². The third-order valence-corrected chi connectivity index (χ3v) is 9.63. The molecule has 0 radical (unpaired) electrons. The number of benzene rings is 6. The molecule has 0 heterocycles. The second-order valence-corrected chi connectivity index (χ2v) is 12.7. The van der Waals surface area contributed by atoms with Gasteiger partial charge in [-0.3, -0.25) is 0 Å². The van der Waals surface area contributed by atoms with Crippen LogP contribution in [0, 0.1) is 0 Å². The molecule has 1 atom stereocenters. The number of allylic oxidation sites excluding steroid dienone is 5. The molecule has 8 rings (SSSR count). The third kappa shape index (κ3) is 6.38. The van der Waals surface area contributed by atoms with Crippen molar-refractivity contribution in [1.29, 1.82) is 0 Å². The quantitative estimate of drug-likeness (QED) is 0.120. The van der Waals surface area contributed by atoms with Gasteiger partial charge in [-0.1, -0.05) is 163 Å². The van der Waals surface area contributed by atoms with Crippen LogP contribution in [-0.4, -0.2) is 0 Å². The molecule has 0 fully saturated rings. The van der Waals surface area contributed by atoms with E-state index in [1.807, 2.05) is 12.2 Å². The maximum Gasteiger partial charge on any atom is 0.00238 e. The number of hydrogen-bond acceptors (Lipinski definition) is 0. The van der Waals surface area contributed by atoms with Crippen molar-refractivity contribution in [3.05, 3.63) is 204 Å². The van der Waals surface area contributed by atoms with Crippen LogP contribution in [0.4, 0.5) is 0 Å². The largest absolute Gasteiger partial charge is 0.120 e. The second-order valence-electron chi connectivity index (χ2n) is 12.7. The topological polar surface area (TPSA) is 0 Å². The highest BCUT2D eigenvalue weighted by Crippen LogP contribution is 2.36. The molecule has 224 valence electrons. The van der Waals surface area contributed by atoms with Crippen molar-refractivity contribution in [2.45, 2.75) is 25.2 Å². The first-order valence-corrected chi connectivity index (χ1v) is 16.6. The zero-order valence-electron chi connectivity index (χ0n) is 26.4. The SMILES string of the molecule is C1=CC=C(c2ccc(-c3ccc(CC4=C[C@@H](c5ccc(-c6ccc(-c7ccc(-c8ccccc8)cc7)cc6)cc5)CC4)cc3)cc2)C=1. The number of rotatable bonds is 8. The fourth-order valence-electron chi connectivity index (χ4n) is 6.90. The van der Waals surface area contributed by atoms with Crippen LogP contribution >= 0.6 is 0 Å². The minimum absolute atomic E-state index is 0.498. The van der Waals surface area contributed by atoms with E-state index in [-0.39, 0.29) is 0 Å². The molecule has 0 N–H and O–H groups in total. The van der Waals surface area contributed by atoms with Gasteiger partial charge in [0.25, 0.3) is 0 Å². The van der Waals surface area contributed by atoms with Crippen molar-refractivity contribution in [3.8, 4) is 44.5 Å². The Morgan fingerprint density at radius 3 is 1.40 bits per heavy atom. The summed E-state index contributed by atoms with van der Waals surface area (Å²) in [5, 5.41) is 0. The van der Waals surface area contributed by atoms with E-state index >= 15 is 0 Å². The van der Waals surface area contributed by atoms with Crippen LogP contribution in [0.3, 0.4) is 0 Å². The van der Waals surface area contributed by atoms with Gasteiger partial charge in [-0.2, -0.15) is 0 Å². The lowest BCUT2D eigenvalue weighted by Gasteiger charge is -2.10. The first kappa shape index (κ1) is 28.8. The third-order valence-electron chi connectivity index (χ3n) is 9.63. The molecule has 0 heteroatoms. The summed E-state index contributed by atoms with van der Waals surface area (Å²) >= 11 is 0. The molecule has 0 nitrogen and oxygen atoms in total. The van der Waals surface area contributed by atoms with Crippen molar-refractivity contribution in [3.63, 3.8) is 0 Å². The van der Waals surface area contributed by atoms with Crippen molar-refractivity contribution < 1.29 is 0 Å². The average Bonchev–Trinajstić information content (AvgIpc) is 3.86. The molecular weight excluding hydrogens is 565 g/mol. The van der Waals surface area contributed by atoms with Crippen molar-refractivity contribution in [1.82, 2.24) is 0 Å². The van der Waals surface area contributed by atoms with Crippen molar-refractivity contribution >= 4 is 5.57 Å². The minimum atomic E-state index is 0.498. The van der Waals surface area contributed by atoms with Crippen LogP contribution < -0.4 is 0 Å². The Kier molecular flexibility index (Phi) is 7.94. The lowest BCUT2D eigenvalue weighted by molar-refractivity contribution is 0.788. The highest BCUT2D eigenvalue weighted by molar-refractivity contribution is 5.79. The average molecular weight is 601 g/mol. The Bertz CT molecular complexity index is 2110. The fraction of sp³-hybridized carbons (Fsp3) is 0.0851. The molecule has 0 saturated heterocycles. The molecule has 0 aliphatic heterocycles. The smallest absolute Gasteiger partial charge is 0.00238 e. The summed E-state index contributed by atoms with van der Waals surface area (Å²) in [5.41, 5.74) is 20.0. The van der Waals surface area contributed by atoms with E-state index in [0.29, 0.717) is 5.92 Å². The van der Waals surface area contributed by atoms with Gasteiger partial charge in [0.1, 0.15) is 0 Å². The van der Waals surface area contributed by atoms with E-state index in [4.69, 9.17) is 0 Å². The molecule has 0 unspecified atom stereocenters. The van der Waals surface area contributed by atoms with Gasteiger partial charge < -0.3 is 0 Å². The summed E-state index contributed by atoms with van der Waals surface area (Å²) in [5.74, 6) is 0.498. The van der Waals surface area contributed by atoms with Crippen LogP contribution in [0.25, 0.3) is 50.1 Å². The summed E-state index contributed by atoms with van der Waals surface area (Å²) in [6, 6.07) is 55.5. The van der Waals surface area contributed by atoms with E-state index in [2.05, 4.69) is 170 Å². The monoisotopic (exact) mass is 600 g/mol. The summed E-state index contributed by atoms with van der Waals surface area (Å²) in [6.07, 6.45) is 12.0. The van der Waals surface area contributed by atoms with Gasteiger partial charge in [0, 0.05) is 5.92 Å². The predicted molar refractivity (Wildman–Crippen MR) is 199 cm³/mol. The first-order chi connectivity index (χ1) is 23.2. The van der Waals surface area contributed by atoms with Crippen LogP contribution in [0.2, 0.25) is 0 Å². The van der Waals surface area contributed by atoms with Gasteiger partial charge in [-0.15, -0.1) is 5.73 Å². The Morgan fingerprint density at radius 2 is 0.915 bits per heavy atom. The van der Waals surface area contributed by atoms with E-state index < -0.39 is 0 Å². The molecule has 2 aliphatic carbocycles. The van der Waals surface area contributed by atoms with Gasteiger partial charge >= 0.3 is 0 Å². The van der Waals surface area contributed by atoms with Gasteiger partial charge in [-0.05, 0) is 104 Å². The normalized spacial score (nSPS) is 15.1. The van der Waals surface area contributed by atoms with Gasteiger partial charge in [0.05, 0.1) is 0 Å². The highest BCUT2D eigenvalue weighted by atomic mass is 14.2.